The lowest BCUT2D eigenvalue weighted by atomic mass is 9.94. The Morgan fingerprint density at radius 3 is 1.39 bits per heavy atom. The Morgan fingerprint density at radius 2 is 1.04 bits per heavy atom. The van der Waals surface area contributed by atoms with Crippen LogP contribution in [0.25, 0.3) is 0 Å². The van der Waals surface area contributed by atoms with Crippen LogP contribution in [0.2, 0.25) is 0 Å². The van der Waals surface area contributed by atoms with Crippen molar-refractivity contribution in [1.82, 2.24) is 0 Å². The molecule has 28 heavy (non-hydrogen) atoms. The van der Waals surface area contributed by atoms with Crippen molar-refractivity contribution >= 4 is 11.9 Å². The summed E-state index contributed by atoms with van der Waals surface area (Å²) in [4.78, 5) is 21.6. The first-order valence-electron chi connectivity index (χ1n) is 11.2. The molecule has 0 aliphatic carbocycles. The molecular formula is C23H42O5. The summed E-state index contributed by atoms with van der Waals surface area (Å²) in [5.41, 5.74) is -1.80. The zero-order valence-corrected chi connectivity index (χ0v) is 17.8. The van der Waals surface area contributed by atoms with Crippen molar-refractivity contribution < 1.29 is 24.9 Å². The maximum atomic E-state index is 10.8. The molecule has 0 atom stereocenters. The van der Waals surface area contributed by atoms with Gasteiger partial charge in [0.15, 0.2) is 0 Å². The van der Waals surface area contributed by atoms with Crippen LogP contribution in [0.15, 0.2) is 12.2 Å². The second-order valence-electron chi connectivity index (χ2n) is 8.03. The van der Waals surface area contributed by atoms with E-state index in [0.717, 1.165) is 19.3 Å². The predicted octanol–water partition coefficient (Wildman–Crippen LogP) is 6.09. The molecule has 3 N–H and O–H groups in total. The molecule has 0 heterocycles. The van der Waals surface area contributed by atoms with Crippen LogP contribution in [0.4, 0.5) is 0 Å². The zero-order valence-electron chi connectivity index (χ0n) is 17.8. The quantitative estimate of drug-likeness (QED) is 0.170. The number of carboxylic acids is 2. The smallest absolute Gasteiger partial charge is 0.306 e. The van der Waals surface area contributed by atoms with E-state index in [-0.39, 0.29) is 0 Å². The van der Waals surface area contributed by atoms with E-state index < -0.39 is 30.4 Å². The molecule has 0 bridgehead atoms. The van der Waals surface area contributed by atoms with Crippen LogP contribution in [-0.4, -0.2) is 32.9 Å². The molecule has 0 aromatic heterocycles. The van der Waals surface area contributed by atoms with E-state index in [1.807, 2.05) is 0 Å². The summed E-state index contributed by atoms with van der Waals surface area (Å²) in [6.07, 6.45) is 20.7. The highest BCUT2D eigenvalue weighted by Crippen LogP contribution is 2.19. The third-order valence-corrected chi connectivity index (χ3v) is 5.07. The molecule has 0 spiro atoms. The highest BCUT2D eigenvalue weighted by molar-refractivity contribution is 5.73. The average Bonchev–Trinajstić information content (AvgIpc) is 2.60. The van der Waals surface area contributed by atoms with E-state index in [9.17, 15) is 14.7 Å². The first kappa shape index (κ1) is 26.6. The molecule has 0 radical (unpaired) electrons. The van der Waals surface area contributed by atoms with E-state index in [4.69, 9.17) is 10.2 Å². The minimum Gasteiger partial charge on any atom is -0.481 e. The normalized spacial score (nSPS) is 11.9. The Balaban J connectivity index is 3.58. The number of rotatable bonds is 20. The summed E-state index contributed by atoms with van der Waals surface area (Å²) in [7, 11) is 0. The molecule has 0 aliphatic rings. The summed E-state index contributed by atoms with van der Waals surface area (Å²) < 4.78 is 0. The van der Waals surface area contributed by atoms with Gasteiger partial charge in [0.2, 0.25) is 0 Å². The fourth-order valence-corrected chi connectivity index (χ4v) is 3.46. The molecule has 5 heteroatoms. The van der Waals surface area contributed by atoms with Gasteiger partial charge in [-0.05, 0) is 12.8 Å². The molecule has 0 saturated carbocycles. The van der Waals surface area contributed by atoms with Crippen molar-refractivity contribution in [3.05, 3.63) is 12.2 Å². The second kappa shape index (κ2) is 17.7. The van der Waals surface area contributed by atoms with Gasteiger partial charge in [0.25, 0.3) is 0 Å². The molecular weight excluding hydrogens is 356 g/mol. The monoisotopic (exact) mass is 398 g/mol. The van der Waals surface area contributed by atoms with E-state index in [1.54, 1.807) is 6.08 Å². The summed E-state index contributed by atoms with van der Waals surface area (Å²) in [5.74, 6) is -2.41. The number of hydrogen-bond acceptors (Lipinski definition) is 3. The van der Waals surface area contributed by atoms with E-state index in [0.29, 0.717) is 0 Å². The molecule has 0 amide bonds. The number of aliphatic carboxylic acids is 2. The fourth-order valence-electron chi connectivity index (χ4n) is 3.46. The highest BCUT2D eigenvalue weighted by atomic mass is 16.4. The molecule has 0 aromatic rings. The van der Waals surface area contributed by atoms with Crippen LogP contribution in [-0.2, 0) is 9.59 Å². The number of hydrogen-bond donors (Lipinski definition) is 3. The Hall–Kier alpha value is -1.36. The summed E-state index contributed by atoms with van der Waals surface area (Å²) in [6, 6.07) is 0. The first-order chi connectivity index (χ1) is 13.4. The molecule has 5 nitrogen and oxygen atoms in total. The van der Waals surface area contributed by atoms with Gasteiger partial charge in [-0.1, -0.05) is 103 Å². The van der Waals surface area contributed by atoms with Crippen molar-refractivity contribution in [2.45, 2.75) is 122 Å². The van der Waals surface area contributed by atoms with Gasteiger partial charge in [-0.2, -0.15) is 0 Å². The highest BCUT2D eigenvalue weighted by Gasteiger charge is 2.29. The second-order valence-corrected chi connectivity index (χ2v) is 8.03. The van der Waals surface area contributed by atoms with E-state index in [2.05, 4.69) is 6.92 Å². The van der Waals surface area contributed by atoms with Gasteiger partial charge in [0, 0.05) is 0 Å². The lowest BCUT2D eigenvalue weighted by Gasteiger charge is -2.20. The van der Waals surface area contributed by atoms with Gasteiger partial charge < -0.3 is 15.3 Å². The summed E-state index contributed by atoms with van der Waals surface area (Å²) in [5, 5.41) is 27.7. The van der Waals surface area contributed by atoms with Gasteiger partial charge in [-0.25, -0.2) is 0 Å². The van der Waals surface area contributed by atoms with Crippen LogP contribution in [0, 0.1) is 0 Å². The van der Waals surface area contributed by atoms with Gasteiger partial charge in [0.05, 0.1) is 12.8 Å². The number of allylic oxidation sites excluding steroid dienone is 1. The molecule has 0 fully saturated rings. The lowest BCUT2D eigenvalue weighted by Crippen LogP contribution is -2.32. The van der Waals surface area contributed by atoms with Gasteiger partial charge in [0.1, 0.15) is 5.60 Å². The minimum atomic E-state index is -1.80. The number of carboxylic acid groups (broad SMARTS) is 2. The molecule has 0 aliphatic heterocycles. The van der Waals surface area contributed by atoms with Crippen LogP contribution in [0.5, 0.6) is 0 Å². The fraction of sp³-hybridized carbons (Fsp3) is 0.826. The molecule has 0 aromatic carbocycles. The third kappa shape index (κ3) is 18.0. The van der Waals surface area contributed by atoms with Crippen LogP contribution in [0.1, 0.15) is 116 Å². The van der Waals surface area contributed by atoms with Gasteiger partial charge >= 0.3 is 11.9 Å². The number of aliphatic hydroxyl groups is 1. The van der Waals surface area contributed by atoms with Gasteiger partial charge in [-0.15, -0.1) is 0 Å². The van der Waals surface area contributed by atoms with Crippen molar-refractivity contribution in [2.24, 2.45) is 0 Å². The minimum absolute atomic E-state index is 0.589. The van der Waals surface area contributed by atoms with Crippen molar-refractivity contribution in [1.29, 1.82) is 0 Å². The predicted molar refractivity (Wildman–Crippen MR) is 114 cm³/mol. The Morgan fingerprint density at radius 1 is 0.679 bits per heavy atom. The van der Waals surface area contributed by atoms with Crippen LogP contribution < -0.4 is 0 Å². The van der Waals surface area contributed by atoms with Crippen LogP contribution >= 0.6 is 0 Å². The summed E-state index contributed by atoms with van der Waals surface area (Å²) >= 11 is 0. The molecule has 0 unspecified atom stereocenters. The lowest BCUT2D eigenvalue weighted by molar-refractivity contribution is -0.145. The van der Waals surface area contributed by atoms with E-state index in [1.165, 1.54) is 83.1 Å². The van der Waals surface area contributed by atoms with Crippen molar-refractivity contribution in [3.63, 3.8) is 0 Å². The van der Waals surface area contributed by atoms with Crippen molar-refractivity contribution in [3.8, 4) is 0 Å². The first-order valence-corrected chi connectivity index (χ1v) is 11.2. The maximum absolute atomic E-state index is 10.8. The number of unbranched alkanes of at least 4 members (excludes halogenated alkanes) is 14. The third-order valence-electron chi connectivity index (χ3n) is 5.07. The van der Waals surface area contributed by atoms with Gasteiger partial charge in [-0.3, -0.25) is 9.59 Å². The molecule has 0 rings (SSSR count). The Labute approximate surface area is 171 Å². The van der Waals surface area contributed by atoms with Crippen molar-refractivity contribution in [2.75, 3.05) is 0 Å². The molecule has 0 saturated heterocycles. The summed E-state index contributed by atoms with van der Waals surface area (Å²) in [6.45, 7) is 2.25. The van der Waals surface area contributed by atoms with E-state index >= 15 is 0 Å². The largest absolute Gasteiger partial charge is 0.481 e. The average molecular weight is 399 g/mol. The number of carbonyl (C=O) groups is 2. The van der Waals surface area contributed by atoms with Crippen LogP contribution in [0.3, 0.4) is 0 Å². The molecule has 164 valence electrons. The SMILES string of the molecule is CCCCCCCCCCCCCCCCC=CC(O)(CC(=O)O)CC(=O)O. The Bertz CT molecular complexity index is 415. The Kier molecular flexibility index (Phi) is 16.9. The standard InChI is InChI=1S/C23H42O5/c1-2-3-4-5-6-7-8-9-10-11-12-13-14-15-16-17-18-23(28,19-21(24)25)20-22(26)27/h17-18,28H,2-16,19-20H2,1H3,(H,24,25)(H,26,27). The topological polar surface area (TPSA) is 94.8 Å². The zero-order chi connectivity index (χ0) is 21.1. The maximum Gasteiger partial charge on any atom is 0.306 e.